The van der Waals surface area contributed by atoms with Gasteiger partial charge in [0.05, 0.1) is 7.11 Å². The van der Waals surface area contributed by atoms with Gasteiger partial charge in [-0.3, -0.25) is 10.1 Å². The van der Waals surface area contributed by atoms with Crippen LogP contribution in [-0.4, -0.2) is 23.1 Å². The summed E-state index contributed by atoms with van der Waals surface area (Å²) in [5.41, 5.74) is 3.29. The predicted octanol–water partition coefficient (Wildman–Crippen LogP) is 6.44. The van der Waals surface area contributed by atoms with E-state index >= 15 is 0 Å². The maximum atomic E-state index is 12.9. The molecule has 0 unspecified atom stereocenters. The topological polar surface area (TPSA) is 76.4 Å². The van der Waals surface area contributed by atoms with Crippen LogP contribution in [0.25, 0.3) is 33.3 Å². The highest BCUT2D eigenvalue weighted by Gasteiger charge is 2.14. The smallest absolute Gasteiger partial charge is 0.258 e. The zero-order valence-electron chi connectivity index (χ0n) is 18.0. The minimum atomic E-state index is -0.325. The Balaban J connectivity index is 1.34. The maximum Gasteiger partial charge on any atom is 0.258 e. The number of halogens is 1. The molecule has 0 aliphatic rings. The third-order valence-electron chi connectivity index (χ3n) is 5.30. The fourth-order valence-corrected chi connectivity index (χ4v) is 4.14. The molecule has 0 saturated carbocycles. The molecule has 0 spiro atoms. The van der Waals surface area contributed by atoms with Gasteiger partial charge in [-0.25, -0.2) is 4.98 Å². The van der Waals surface area contributed by atoms with Crippen molar-refractivity contribution in [3.05, 3.63) is 89.4 Å². The summed E-state index contributed by atoms with van der Waals surface area (Å²) in [7, 11) is 1.61. The van der Waals surface area contributed by atoms with E-state index in [1.54, 1.807) is 25.3 Å². The van der Waals surface area contributed by atoms with Crippen molar-refractivity contribution in [3.8, 4) is 17.2 Å². The molecule has 0 fully saturated rings. The van der Waals surface area contributed by atoms with Crippen LogP contribution in [0.1, 0.15) is 10.4 Å². The second-order valence-corrected chi connectivity index (χ2v) is 8.30. The lowest BCUT2D eigenvalue weighted by atomic mass is 10.0. The molecule has 1 aromatic heterocycles. The van der Waals surface area contributed by atoms with E-state index < -0.39 is 0 Å². The monoisotopic (exact) mass is 487 g/mol. The number of nitrogens with zero attached hydrogens (tertiary/aromatic N) is 1. The van der Waals surface area contributed by atoms with Crippen molar-refractivity contribution < 1.29 is 13.9 Å². The molecule has 0 radical (unpaired) electrons. The van der Waals surface area contributed by atoms with Crippen LogP contribution in [0.2, 0.25) is 5.02 Å². The normalized spacial score (nSPS) is 10.9. The average Bonchev–Trinajstić information content (AvgIpc) is 3.27. The molecule has 168 valence electrons. The number of rotatable bonds is 4. The molecule has 0 saturated heterocycles. The predicted molar refractivity (Wildman–Crippen MR) is 139 cm³/mol. The van der Waals surface area contributed by atoms with Crippen LogP contribution >= 0.6 is 23.8 Å². The number of thiocarbonyl (C=S) groups is 1. The number of oxazole rings is 1. The van der Waals surface area contributed by atoms with Gasteiger partial charge >= 0.3 is 0 Å². The maximum absolute atomic E-state index is 12.9. The van der Waals surface area contributed by atoms with Crippen LogP contribution in [0.3, 0.4) is 0 Å². The van der Waals surface area contributed by atoms with Crippen LogP contribution in [0, 0.1) is 0 Å². The van der Waals surface area contributed by atoms with E-state index in [0.29, 0.717) is 39.0 Å². The third kappa shape index (κ3) is 4.31. The number of aromatic nitrogens is 1. The van der Waals surface area contributed by atoms with Crippen molar-refractivity contribution in [1.82, 2.24) is 10.3 Å². The number of carbonyl (C=O) groups excluding carboxylic acids is 1. The van der Waals surface area contributed by atoms with E-state index in [-0.39, 0.29) is 11.0 Å². The summed E-state index contributed by atoms with van der Waals surface area (Å²) in [6.07, 6.45) is 0. The zero-order valence-corrected chi connectivity index (χ0v) is 19.5. The number of fused-ring (bicyclic) bond motifs is 2. The molecule has 0 aliphatic heterocycles. The Kier molecular flexibility index (Phi) is 5.88. The average molecular weight is 488 g/mol. The van der Waals surface area contributed by atoms with Gasteiger partial charge in [0.15, 0.2) is 10.7 Å². The number of nitrogens with one attached hydrogen (secondary N) is 2. The first-order valence-corrected chi connectivity index (χ1v) is 11.1. The highest BCUT2D eigenvalue weighted by Crippen LogP contribution is 2.29. The Hall–Kier alpha value is -3.94. The van der Waals surface area contributed by atoms with E-state index in [1.165, 1.54) is 0 Å². The first-order chi connectivity index (χ1) is 16.5. The highest BCUT2D eigenvalue weighted by atomic mass is 35.5. The summed E-state index contributed by atoms with van der Waals surface area (Å²) in [4.78, 5) is 17.4. The van der Waals surface area contributed by atoms with Gasteiger partial charge in [0.1, 0.15) is 11.3 Å². The molecule has 6 nitrogen and oxygen atoms in total. The molecule has 5 rings (SSSR count). The van der Waals surface area contributed by atoms with Crippen molar-refractivity contribution in [2.75, 3.05) is 12.4 Å². The van der Waals surface area contributed by atoms with Crippen molar-refractivity contribution in [1.29, 1.82) is 0 Å². The fraction of sp³-hybridized carbons (Fsp3) is 0.0385. The molecular formula is C26H18ClN3O3S. The number of hydrogen-bond acceptors (Lipinski definition) is 5. The highest BCUT2D eigenvalue weighted by molar-refractivity contribution is 7.80. The third-order valence-corrected chi connectivity index (χ3v) is 5.84. The Morgan fingerprint density at radius 3 is 2.65 bits per heavy atom. The van der Waals surface area contributed by atoms with E-state index in [2.05, 4.69) is 15.6 Å². The summed E-state index contributed by atoms with van der Waals surface area (Å²) >= 11 is 11.6. The van der Waals surface area contributed by atoms with Gasteiger partial charge in [-0.15, -0.1) is 0 Å². The van der Waals surface area contributed by atoms with E-state index in [0.717, 1.165) is 16.3 Å². The summed E-state index contributed by atoms with van der Waals surface area (Å²) in [5.74, 6) is 0.848. The molecular weight excluding hydrogens is 470 g/mol. The van der Waals surface area contributed by atoms with E-state index in [4.69, 9.17) is 33.0 Å². The fourth-order valence-electron chi connectivity index (χ4n) is 3.69. The Morgan fingerprint density at radius 2 is 1.79 bits per heavy atom. The second-order valence-electron chi connectivity index (χ2n) is 7.48. The molecule has 8 heteroatoms. The lowest BCUT2D eigenvalue weighted by Crippen LogP contribution is -2.34. The summed E-state index contributed by atoms with van der Waals surface area (Å²) in [6.45, 7) is 0. The molecule has 0 aliphatic carbocycles. The molecule has 0 atom stereocenters. The SMILES string of the molecule is COc1ccc2oc(-c3cccc(NC(=S)NC(=O)c4cccc5c(Cl)cccc45)c3)nc2c1. The number of hydrogen-bond donors (Lipinski definition) is 2. The largest absolute Gasteiger partial charge is 0.497 e. The van der Waals surface area contributed by atoms with Crippen molar-refractivity contribution in [3.63, 3.8) is 0 Å². The van der Waals surface area contributed by atoms with Crippen LogP contribution < -0.4 is 15.4 Å². The molecule has 1 amide bonds. The summed E-state index contributed by atoms with van der Waals surface area (Å²) < 4.78 is 11.1. The molecule has 34 heavy (non-hydrogen) atoms. The molecule has 5 aromatic rings. The summed E-state index contributed by atoms with van der Waals surface area (Å²) in [5, 5.41) is 8.10. The number of amides is 1. The molecule has 1 heterocycles. The minimum Gasteiger partial charge on any atom is -0.497 e. The van der Waals surface area contributed by atoms with E-state index in [1.807, 2.05) is 60.7 Å². The lowest BCUT2D eigenvalue weighted by Gasteiger charge is -2.12. The Bertz CT molecular complexity index is 1560. The van der Waals surface area contributed by atoms with Crippen molar-refractivity contribution in [2.45, 2.75) is 0 Å². The standard InChI is InChI=1S/C26H18ClN3O3S/c1-32-17-11-12-23-22(14-17)29-25(33-23)15-5-2-6-16(13-15)28-26(34)30-24(31)20-9-3-8-19-18(20)7-4-10-21(19)27/h2-14H,1H3,(H2,28,30,31,34). The number of anilines is 1. The quantitative estimate of drug-likeness (QED) is 0.284. The van der Waals surface area contributed by atoms with Gasteiger partial charge in [0, 0.05) is 33.3 Å². The first-order valence-electron chi connectivity index (χ1n) is 10.4. The van der Waals surface area contributed by atoms with Gasteiger partial charge in [0.25, 0.3) is 5.91 Å². The minimum absolute atomic E-state index is 0.170. The van der Waals surface area contributed by atoms with Crippen LogP contribution in [0.4, 0.5) is 5.69 Å². The number of benzene rings is 4. The lowest BCUT2D eigenvalue weighted by molar-refractivity contribution is 0.0979. The van der Waals surface area contributed by atoms with Crippen LogP contribution in [0.5, 0.6) is 5.75 Å². The van der Waals surface area contributed by atoms with Crippen LogP contribution in [-0.2, 0) is 0 Å². The summed E-state index contributed by atoms with van der Waals surface area (Å²) in [6, 6.07) is 23.7. The van der Waals surface area contributed by atoms with Gasteiger partial charge in [0.2, 0.25) is 5.89 Å². The molecule has 2 N–H and O–H groups in total. The van der Waals surface area contributed by atoms with Gasteiger partial charge in [-0.05, 0) is 60.1 Å². The van der Waals surface area contributed by atoms with Crippen molar-refractivity contribution >= 4 is 62.4 Å². The Morgan fingerprint density at radius 1 is 1.00 bits per heavy atom. The van der Waals surface area contributed by atoms with Crippen molar-refractivity contribution in [2.24, 2.45) is 0 Å². The first kappa shape index (κ1) is 21.9. The zero-order chi connectivity index (χ0) is 23.7. The second kappa shape index (κ2) is 9.13. The van der Waals surface area contributed by atoms with Gasteiger partial charge in [-0.2, -0.15) is 0 Å². The molecule has 0 bridgehead atoms. The number of ether oxygens (including phenoxy) is 1. The Labute approximate surface area is 205 Å². The molecule has 4 aromatic carbocycles. The van der Waals surface area contributed by atoms with Gasteiger partial charge in [-0.1, -0.05) is 41.9 Å². The van der Waals surface area contributed by atoms with E-state index in [9.17, 15) is 4.79 Å². The number of carbonyl (C=O) groups is 1. The van der Waals surface area contributed by atoms with Crippen LogP contribution in [0.15, 0.2) is 83.3 Å². The number of methoxy groups -OCH3 is 1. The van der Waals surface area contributed by atoms with Gasteiger partial charge < -0.3 is 14.5 Å².